The summed E-state index contributed by atoms with van der Waals surface area (Å²) < 4.78 is 0. The molecule has 2 nitrogen and oxygen atoms in total. The van der Waals surface area contributed by atoms with Gasteiger partial charge in [-0.05, 0) is 6.26 Å². The van der Waals surface area contributed by atoms with Crippen LogP contribution in [0, 0.1) is 0 Å². The molecule has 0 aromatic carbocycles. The highest BCUT2D eigenvalue weighted by Crippen LogP contribution is 1.91. The van der Waals surface area contributed by atoms with Crippen molar-refractivity contribution < 1.29 is 10.5 Å². The van der Waals surface area contributed by atoms with Crippen LogP contribution in [0.3, 0.4) is 0 Å². The van der Waals surface area contributed by atoms with Gasteiger partial charge in [0.1, 0.15) is 0 Å². The Morgan fingerprint density at radius 1 is 1.86 bits per heavy atom. The lowest BCUT2D eigenvalue weighted by Crippen LogP contribution is -2.56. The van der Waals surface area contributed by atoms with Crippen LogP contribution >= 0.6 is 11.8 Å². The molecule has 0 heterocycles. The van der Waals surface area contributed by atoms with Crippen LogP contribution in [0.4, 0.5) is 0 Å². The molecule has 0 rings (SSSR count). The average Bonchev–Trinajstić information content (AvgIpc) is 1.61. The highest BCUT2D eigenvalue weighted by atomic mass is 32.2. The second-order valence-electron chi connectivity index (χ2n) is 1.28. The standard InChI is InChI=1S/C4H9NOS/c1-7-3-2-4(5)6/h2-3H2,1H3,(H2,5,6)/p+1. The zero-order chi connectivity index (χ0) is 5.70. The largest absolute Gasteiger partial charge is 0.309 e. The molecular weight excluding hydrogens is 110 g/mol. The van der Waals surface area contributed by atoms with Crippen LogP contribution in [0.5, 0.6) is 0 Å². The Bertz CT molecular complexity index is 64.7. The fourth-order valence-electron chi connectivity index (χ4n) is 0.216. The van der Waals surface area contributed by atoms with Gasteiger partial charge < -0.3 is 0 Å². The van der Waals surface area contributed by atoms with E-state index >= 15 is 0 Å². The van der Waals surface area contributed by atoms with Crippen molar-refractivity contribution in [1.29, 1.82) is 0 Å². The number of hydrogen-bond donors (Lipinski definition) is 1. The first-order valence-electron chi connectivity index (χ1n) is 2.11. The van der Waals surface area contributed by atoms with E-state index in [1.807, 2.05) is 6.26 Å². The van der Waals surface area contributed by atoms with Crippen molar-refractivity contribution in [3.05, 3.63) is 0 Å². The summed E-state index contributed by atoms with van der Waals surface area (Å²) in [4.78, 5) is 10.1. The van der Waals surface area contributed by atoms with Crippen molar-refractivity contribution in [2.24, 2.45) is 0 Å². The minimum Gasteiger partial charge on any atom is -0.295 e. The fourth-order valence-corrected chi connectivity index (χ4v) is 0.648. The maximum Gasteiger partial charge on any atom is 0.309 e. The molecule has 3 heteroatoms. The zero-order valence-corrected chi connectivity index (χ0v) is 5.25. The first-order valence-corrected chi connectivity index (χ1v) is 3.50. The number of hydrogen-bond acceptors (Lipinski definition) is 2. The Labute approximate surface area is 47.5 Å². The molecule has 0 aliphatic carbocycles. The second kappa shape index (κ2) is 4.15. The van der Waals surface area contributed by atoms with Crippen LogP contribution in [0.25, 0.3) is 0 Å². The first-order chi connectivity index (χ1) is 3.27. The molecule has 0 aromatic heterocycles. The molecule has 0 aliphatic heterocycles. The minimum atomic E-state index is 0.0364. The summed E-state index contributed by atoms with van der Waals surface area (Å²) in [5, 5.41) is 0. The summed E-state index contributed by atoms with van der Waals surface area (Å²) in [7, 11) is 0. The number of quaternary nitrogens is 1. The van der Waals surface area contributed by atoms with Gasteiger partial charge in [-0.3, -0.25) is 5.73 Å². The van der Waals surface area contributed by atoms with Gasteiger partial charge in [0.05, 0.1) is 6.42 Å². The lowest BCUT2D eigenvalue weighted by atomic mass is 10.5. The first kappa shape index (κ1) is 6.98. The van der Waals surface area contributed by atoms with Crippen molar-refractivity contribution >= 4 is 17.7 Å². The van der Waals surface area contributed by atoms with E-state index in [9.17, 15) is 4.79 Å². The molecule has 0 bridgehead atoms. The number of rotatable bonds is 3. The Morgan fingerprint density at radius 2 is 2.43 bits per heavy atom. The van der Waals surface area contributed by atoms with Crippen molar-refractivity contribution in [1.82, 2.24) is 0 Å². The minimum absolute atomic E-state index is 0.0364. The Hall–Kier alpha value is -0.0200. The maximum atomic E-state index is 10.1. The van der Waals surface area contributed by atoms with E-state index in [0.717, 1.165) is 5.75 Å². The molecule has 0 spiro atoms. The van der Waals surface area contributed by atoms with Gasteiger partial charge in [0.2, 0.25) is 0 Å². The lowest BCUT2D eigenvalue weighted by Gasteiger charge is -1.83. The third-order valence-corrected chi connectivity index (χ3v) is 1.20. The molecule has 0 aliphatic rings. The van der Waals surface area contributed by atoms with Crippen molar-refractivity contribution in [2.45, 2.75) is 6.42 Å². The SMILES string of the molecule is CSCCC([NH3+])=O. The van der Waals surface area contributed by atoms with Crippen LogP contribution < -0.4 is 5.73 Å². The number of thioether (sulfide) groups is 1. The molecule has 42 valence electrons. The van der Waals surface area contributed by atoms with Gasteiger partial charge in [0, 0.05) is 5.75 Å². The molecule has 7 heavy (non-hydrogen) atoms. The summed E-state index contributed by atoms with van der Waals surface area (Å²) in [6.07, 6.45) is 2.59. The molecule has 0 atom stereocenters. The van der Waals surface area contributed by atoms with Crippen molar-refractivity contribution in [3.8, 4) is 0 Å². The molecular formula is C4H10NOS+. The number of amides is 1. The third-order valence-electron chi connectivity index (χ3n) is 0.585. The molecule has 0 saturated heterocycles. The Kier molecular flexibility index (Phi) is 4.14. The topological polar surface area (TPSA) is 44.7 Å². The van der Waals surface area contributed by atoms with E-state index < -0.39 is 0 Å². The summed E-state index contributed by atoms with van der Waals surface area (Å²) in [6.45, 7) is 0. The molecule has 0 fully saturated rings. The van der Waals surface area contributed by atoms with E-state index in [2.05, 4.69) is 5.73 Å². The van der Waals surface area contributed by atoms with Gasteiger partial charge >= 0.3 is 5.91 Å². The monoisotopic (exact) mass is 120 g/mol. The van der Waals surface area contributed by atoms with Gasteiger partial charge in [0.15, 0.2) is 0 Å². The third kappa shape index (κ3) is 5.98. The normalized spacial score (nSPS) is 8.86. The predicted octanol–water partition coefficient (Wildman–Crippen LogP) is -0.492. The molecule has 0 radical (unpaired) electrons. The molecule has 1 amide bonds. The molecule has 0 unspecified atom stereocenters. The van der Waals surface area contributed by atoms with E-state index in [-0.39, 0.29) is 5.91 Å². The highest BCUT2D eigenvalue weighted by Gasteiger charge is 1.93. The van der Waals surface area contributed by atoms with Crippen LogP contribution in [0.15, 0.2) is 0 Å². The quantitative estimate of drug-likeness (QED) is 0.546. The van der Waals surface area contributed by atoms with Crippen molar-refractivity contribution in [2.75, 3.05) is 12.0 Å². The second-order valence-corrected chi connectivity index (χ2v) is 2.27. The van der Waals surface area contributed by atoms with E-state index in [1.54, 1.807) is 11.8 Å². The fraction of sp³-hybridized carbons (Fsp3) is 0.750. The average molecular weight is 120 g/mol. The Morgan fingerprint density at radius 3 is 2.57 bits per heavy atom. The van der Waals surface area contributed by atoms with Crippen LogP contribution in [0.1, 0.15) is 6.42 Å². The maximum absolute atomic E-state index is 10.1. The van der Waals surface area contributed by atoms with Gasteiger partial charge in [-0.2, -0.15) is 11.8 Å². The summed E-state index contributed by atoms with van der Waals surface area (Å²) in [5.74, 6) is 0.942. The predicted molar refractivity (Wildman–Crippen MR) is 30.9 cm³/mol. The number of carbonyl (C=O) groups is 1. The van der Waals surface area contributed by atoms with Crippen LogP contribution in [-0.4, -0.2) is 17.9 Å². The van der Waals surface area contributed by atoms with Crippen molar-refractivity contribution in [3.63, 3.8) is 0 Å². The van der Waals surface area contributed by atoms with E-state index in [0.29, 0.717) is 6.42 Å². The van der Waals surface area contributed by atoms with Gasteiger partial charge in [-0.25, -0.2) is 4.79 Å². The van der Waals surface area contributed by atoms with Gasteiger partial charge in [-0.1, -0.05) is 0 Å². The highest BCUT2D eigenvalue weighted by molar-refractivity contribution is 7.98. The smallest absolute Gasteiger partial charge is 0.295 e. The van der Waals surface area contributed by atoms with Crippen LogP contribution in [0.2, 0.25) is 0 Å². The summed E-state index contributed by atoms with van der Waals surface area (Å²) in [5.41, 5.74) is 3.22. The summed E-state index contributed by atoms with van der Waals surface area (Å²) in [6, 6.07) is 0. The van der Waals surface area contributed by atoms with E-state index in [1.165, 1.54) is 0 Å². The van der Waals surface area contributed by atoms with Crippen LogP contribution in [-0.2, 0) is 4.79 Å². The molecule has 0 aromatic rings. The van der Waals surface area contributed by atoms with E-state index in [4.69, 9.17) is 0 Å². The zero-order valence-electron chi connectivity index (χ0n) is 4.44. The lowest BCUT2D eigenvalue weighted by molar-refractivity contribution is -0.305. The Balaban J connectivity index is 2.82. The summed E-state index contributed by atoms with van der Waals surface area (Å²) >= 11 is 1.67. The molecule has 3 N–H and O–H groups in total. The van der Waals surface area contributed by atoms with Gasteiger partial charge in [-0.15, -0.1) is 0 Å². The molecule has 0 saturated carbocycles. The van der Waals surface area contributed by atoms with Gasteiger partial charge in [0.25, 0.3) is 0 Å². The number of carbonyl (C=O) groups excluding carboxylic acids is 1.